The first-order valence-electron chi connectivity index (χ1n) is 5.54. The van der Waals surface area contributed by atoms with Gasteiger partial charge in [0.25, 0.3) is 0 Å². The fraction of sp³-hybridized carbons (Fsp3) is 0.636. The molecule has 1 aromatic rings. The highest BCUT2D eigenvalue weighted by Gasteiger charge is 2.14. The lowest BCUT2D eigenvalue weighted by atomic mass is 10.1. The highest BCUT2D eigenvalue weighted by atomic mass is 16.5. The lowest BCUT2D eigenvalue weighted by Gasteiger charge is -2.23. The van der Waals surface area contributed by atoms with Gasteiger partial charge in [0, 0.05) is 31.1 Å². The highest BCUT2D eigenvalue weighted by Crippen LogP contribution is 2.11. The third-order valence-electron chi connectivity index (χ3n) is 2.63. The molecular weight excluding hydrogens is 190 g/mol. The summed E-state index contributed by atoms with van der Waals surface area (Å²) in [6.07, 6.45) is 4.85. The Morgan fingerprint density at radius 1 is 1.47 bits per heavy atom. The van der Waals surface area contributed by atoms with Gasteiger partial charge in [0.2, 0.25) is 5.95 Å². The van der Waals surface area contributed by atoms with Gasteiger partial charge in [0.15, 0.2) is 0 Å². The fourth-order valence-electron chi connectivity index (χ4n) is 1.69. The fourth-order valence-corrected chi connectivity index (χ4v) is 1.69. The Balaban J connectivity index is 1.96. The summed E-state index contributed by atoms with van der Waals surface area (Å²) in [5, 5.41) is 3.35. The molecule has 4 nitrogen and oxygen atoms in total. The minimum atomic E-state index is 0.464. The van der Waals surface area contributed by atoms with E-state index < -0.39 is 0 Å². The van der Waals surface area contributed by atoms with Gasteiger partial charge in [-0.1, -0.05) is 6.92 Å². The first-order chi connectivity index (χ1) is 7.38. The van der Waals surface area contributed by atoms with Crippen molar-refractivity contribution in [2.45, 2.75) is 32.2 Å². The van der Waals surface area contributed by atoms with Gasteiger partial charge in [-0.05, 0) is 25.3 Å². The van der Waals surface area contributed by atoms with Crippen LogP contribution in [0.3, 0.4) is 0 Å². The second-order valence-electron chi connectivity index (χ2n) is 3.76. The summed E-state index contributed by atoms with van der Waals surface area (Å²) in [5.41, 5.74) is 1.08. The van der Waals surface area contributed by atoms with Crippen LogP contribution in [0.15, 0.2) is 12.3 Å². The molecule has 0 unspecified atom stereocenters. The minimum absolute atomic E-state index is 0.464. The zero-order valence-electron chi connectivity index (χ0n) is 9.07. The summed E-state index contributed by atoms with van der Waals surface area (Å²) in [5.74, 6) is 0.751. The van der Waals surface area contributed by atoms with Crippen molar-refractivity contribution in [3.63, 3.8) is 0 Å². The van der Waals surface area contributed by atoms with Crippen molar-refractivity contribution in [2.24, 2.45) is 0 Å². The number of rotatable bonds is 3. The number of hydrogen-bond donors (Lipinski definition) is 1. The van der Waals surface area contributed by atoms with Crippen molar-refractivity contribution in [1.82, 2.24) is 9.97 Å². The van der Waals surface area contributed by atoms with Gasteiger partial charge in [-0.15, -0.1) is 0 Å². The Morgan fingerprint density at radius 3 is 3.00 bits per heavy atom. The van der Waals surface area contributed by atoms with Crippen LogP contribution >= 0.6 is 0 Å². The van der Waals surface area contributed by atoms with Crippen LogP contribution in [-0.2, 0) is 11.2 Å². The molecule has 4 heteroatoms. The number of hydrogen-bond acceptors (Lipinski definition) is 4. The van der Waals surface area contributed by atoms with E-state index in [1.54, 1.807) is 0 Å². The summed E-state index contributed by atoms with van der Waals surface area (Å²) in [4.78, 5) is 8.64. The van der Waals surface area contributed by atoms with E-state index >= 15 is 0 Å². The molecule has 0 saturated carbocycles. The number of nitrogens with one attached hydrogen (secondary N) is 1. The molecule has 1 aliphatic rings. The summed E-state index contributed by atoms with van der Waals surface area (Å²) in [7, 11) is 0. The molecule has 1 fully saturated rings. The van der Waals surface area contributed by atoms with Crippen LogP contribution in [0.4, 0.5) is 5.95 Å². The van der Waals surface area contributed by atoms with Gasteiger partial charge in [-0.2, -0.15) is 0 Å². The molecule has 0 spiro atoms. The average molecular weight is 207 g/mol. The summed E-state index contributed by atoms with van der Waals surface area (Å²) in [6.45, 7) is 3.77. The molecule has 1 aliphatic heterocycles. The topological polar surface area (TPSA) is 47.0 Å². The summed E-state index contributed by atoms with van der Waals surface area (Å²) in [6, 6.07) is 2.42. The highest BCUT2D eigenvalue weighted by molar-refractivity contribution is 5.26. The van der Waals surface area contributed by atoms with Gasteiger partial charge >= 0.3 is 0 Å². The minimum Gasteiger partial charge on any atom is -0.381 e. The first-order valence-corrected chi connectivity index (χ1v) is 5.54. The van der Waals surface area contributed by atoms with Crippen LogP contribution in [0.1, 0.15) is 25.5 Å². The molecule has 15 heavy (non-hydrogen) atoms. The average Bonchev–Trinajstić information content (AvgIpc) is 2.31. The Labute approximate surface area is 90.1 Å². The molecule has 1 saturated heterocycles. The number of aromatic nitrogens is 2. The second-order valence-corrected chi connectivity index (χ2v) is 3.76. The van der Waals surface area contributed by atoms with E-state index in [0.717, 1.165) is 44.1 Å². The Kier molecular flexibility index (Phi) is 3.50. The van der Waals surface area contributed by atoms with Gasteiger partial charge in [-0.25, -0.2) is 9.97 Å². The van der Waals surface area contributed by atoms with Crippen LogP contribution in [0.25, 0.3) is 0 Å². The molecule has 82 valence electrons. The van der Waals surface area contributed by atoms with Crippen molar-refractivity contribution in [3.8, 4) is 0 Å². The maximum Gasteiger partial charge on any atom is 0.223 e. The number of aryl methyl sites for hydroxylation is 1. The molecule has 0 atom stereocenters. The molecule has 2 rings (SSSR count). The molecule has 0 aromatic carbocycles. The van der Waals surface area contributed by atoms with E-state index in [0.29, 0.717) is 6.04 Å². The third kappa shape index (κ3) is 2.89. The standard InChI is InChI=1S/C11H17N3O/c1-2-9-3-6-12-11(13-9)14-10-4-7-15-8-5-10/h3,6,10H,2,4-5,7-8H2,1H3,(H,12,13,14). The monoisotopic (exact) mass is 207 g/mol. The van der Waals surface area contributed by atoms with Crippen LogP contribution in [-0.4, -0.2) is 29.2 Å². The quantitative estimate of drug-likeness (QED) is 0.818. The van der Waals surface area contributed by atoms with Gasteiger partial charge in [0.1, 0.15) is 0 Å². The number of nitrogens with zero attached hydrogens (tertiary/aromatic N) is 2. The third-order valence-corrected chi connectivity index (χ3v) is 2.63. The normalized spacial score (nSPS) is 17.7. The Morgan fingerprint density at radius 2 is 2.27 bits per heavy atom. The predicted molar refractivity (Wildman–Crippen MR) is 58.9 cm³/mol. The van der Waals surface area contributed by atoms with Gasteiger partial charge < -0.3 is 10.1 Å². The molecule has 1 N–H and O–H groups in total. The lowest BCUT2D eigenvalue weighted by molar-refractivity contribution is 0.0903. The SMILES string of the molecule is CCc1ccnc(NC2CCOCC2)n1. The molecule has 0 radical (unpaired) electrons. The molecule has 0 aliphatic carbocycles. The van der Waals surface area contributed by atoms with Crippen LogP contribution in [0.2, 0.25) is 0 Å². The van der Waals surface area contributed by atoms with E-state index in [1.807, 2.05) is 12.3 Å². The Hall–Kier alpha value is -1.16. The number of anilines is 1. The largest absolute Gasteiger partial charge is 0.381 e. The van der Waals surface area contributed by atoms with Crippen molar-refractivity contribution in [3.05, 3.63) is 18.0 Å². The van der Waals surface area contributed by atoms with Crippen molar-refractivity contribution < 1.29 is 4.74 Å². The molecular formula is C11H17N3O. The molecule has 0 bridgehead atoms. The zero-order chi connectivity index (χ0) is 10.5. The maximum absolute atomic E-state index is 5.30. The maximum atomic E-state index is 5.30. The van der Waals surface area contributed by atoms with Crippen molar-refractivity contribution in [1.29, 1.82) is 0 Å². The van der Waals surface area contributed by atoms with E-state index in [9.17, 15) is 0 Å². The van der Waals surface area contributed by atoms with E-state index in [1.165, 1.54) is 0 Å². The predicted octanol–water partition coefficient (Wildman–Crippen LogP) is 1.63. The smallest absolute Gasteiger partial charge is 0.223 e. The van der Waals surface area contributed by atoms with E-state index in [4.69, 9.17) is 4.74 Å². The van der Waals surface area contributed by atoms with Crippen molar-refractivity contribution >= 4 is 5.95 Å². The first kappa shape index (κ1) is 10.4. The van der Waals surface area contributed by atoms with Gasteiger partial charge in [-0.3, -0.25) is 0 Å². The summed E-state index contributed by atoms with van der Waals surface area (Å²) < 4.78 is 5.30. The van der Waals surface area contributed by atoms with Crippen LogP contribution < -0.4 is 5.32 Å². The van der Waals surface area contributed by atoms with Crippen LogP contribution in [0.5, 0.6) is 0 Å². The van der Waals surface area contributed by atoms with E-state index in [2.05, 4.69) is 22.2 Å². The molecule has 1 aromatic heterocycles. The summed E-state index contributed by atoms with van der Waals surface area (Å²) >= 11 is 0. The molecule has 0 amide bonds. The van der Waals surface area contributed by atoms with Gasteiger partial charge in [0.05, 0.1) is 0 Å². The Bertz CT molecular complexity index is 310. The van der Waals surface area contributed by atoms with Crippen LogP contribution in [0, 0.1) is 0 Å². The second kappa shape index (κ2) is 5.07. The van der Waals surface area contributed by atoms with Crippen molar-refractivity contribution in [2.75, 3.05) is 18.5 Å². The zero-order valence-corrected chi connectivity index (χ0v) is 9.07. The van der Waals surface area contributed by atoms with E-state index in [-0.39, 0.29) is 0 Å². The number of ether oxygens (including phenoxy) is 1. The lowest BCUT2D eigenvalue weighted by Crippen LogP contribution is -2.28. The molecule has 2 heterocycles.